The Bertz CT molecular complexity index is 517. The SMILES string of the molecule is CC(C)(C#N)N(C(=O)c1cnccc1Cl)C1CC1. The molecule has 4 nitrogen and oxygen atoms in total. The fourth-order valence-electron chi connectivity index (χ4n) is 1.93. The standard InChI is InChI=1S/C13H14ClN3O/c1-13(2,8-15)17(9-3-4-9)12(18)10-7-16-6-5-11(10)14/h5-7,9H,3-4H2,1-2H3. The quantitative estimate of drug-likeness (QED) is 0.842. The molecular weight excluding hydrogens is 250 g/mol. The highest BCUT2D eigenvalue weighted by atomic mass is 35.5. The van der Waals surface area contributed by atoms with Gasteiger partial charge in [-0.25, -0.2) is 0 Å². The number of nitriles is 1. The van der Waals surface area contributed by atoms with E-state index in [0.717, 1.165) is 12.8 Å². The molecule has 18 heavy (non-hydrogen) atoms. The molecule has 0 spiro atoms. The highest BCUT2D eigenvalue weighted by molar-refractivity contribution is 6.33. The Balaban J connectivity index is 2.37. The second-order valence-corrected chi connectivity index (χ2v) is 5.34. The minimum atomic E-state index is -0.836. The summed E-state index contributed by atoms with van der Waals surface area (Å²) in [5.74, 6) is -0.220. The molecule has 5 heteroatoms. The molecule has 1 fully saturated rings. The van der Waals surface area contributed by atoms with E-state index in [1.165, 1.54) is 12.4 Å². The molecule has 0 unspecified atom stereocenters. The van der Waals surface area contributed by atoms with E-state index in [2.05, 4.69) is 11.1 Å². The van der Waals surface area contributed by atoms with Crippen LogP contribution in [0.5, 0.6) is 0 Å². The maximum atomic E-state index is 12.5. The summed E-state index contributed by atoms with van der Waals surface area (Å²) < 4.78 is 0. The summed E-state index contributed by atoms with van der Waals surface area (Å²) in [7, 11) is 0. The van der Waals surface area contributed by atoms with E-state index >= 15 is 0 Å². The van der Waals surface area contributed by atoms with Gasteiger partial charge in [0.2, 0.25) is 0 Å². The van der Waals surface area contributed by atoms with Gasteiger partial charge in [-0.3, -0.25) is 9.78 Å². The average Bonchev–Trinajstić information content (AvgIpc) is 3.14. The van der Waals surface area contributed by atoms with Crippen molar-refractivity contribution in [3.05, 3.63) is 29.0 Å². The fourth-order valence-corrected chi connectivity index (χ4v) is 2.11. The van der Waals surface area contributed by atoms with Gasteiger partial charge in [0.1, 0.15) is 5.54 Å². The molecule has 1 aliphatic carbocycles. The number of rotatable bonds is 3. The van der Waals surface area contributed by atoms with Crippen LogP contribution in [0.15, 0.2) is 18.5 Å². The van der Waals surface area contributed by atoms with E-state index in [0.29, 0.717) is 10.6 Å². The lowest BCUT2D eigenvalue weighted by molar-refractivity contribution is 0.0615. The number of amides is 1. The zero-order valence-electron chi connectivity index (χ0n) is 10.4. The van der Waals surface area contributed by atoms with Gasteiger partial charge in [0.05, 0.1) is 16.7 Å². The van der Waals surface area contributed by atoms with Crippen LogP contribution >= 0.6 is 11.6 Å². The molecule has 94 valence electrons. The van der Waals surface area contributed by atoms with Crippen molar-refractivity contribution in [2.24, 2.45) is 0 Å². The molecular formula is C13H14ClN3O. The number of carbonyl (C=O) groups excluding carboxylic acids is 1. The third-order valence-electron chi connectivity index (χ3n) is 3.00. The summed E-state index contributed by atoms with van der Waals surface area (Å²) in [5, 5.41) is 9.58. The first-order chi connectivity index (χ1) is 8.47. The molecule has 1 aromatic heterocycles. The molecule has 0 saturated heterocycles. The molecule has 0 aromatic carbocycles. The van der Waals surface area contributed by atoms with Gasteiger partial charge in [-0.15, -0.1) is 0 Å². The van der Waals surface area contributed by atoms with Crippen LogP contribution in [0, 0.1) is 11.3 Å². The molecule has 1 saturated carbocycles. The van der Waals surface area contributed by atoms with Crippen LogP contribution in [-0.2, 0) is 0 Å². The first kappa shape index (κ1) is 12.8. The van der Waals surface area contributed by atoms with Crippen molar-refractivity contribution in [2.45, 2.75) is 38.3 Å². The molecule has 0 radical (unpaired) electrons. The van der Waals surface area contributed by atoms with Crippen LogP contribution < -0.4 is 0 Å². The highest BCUT2D eigenvalue weighted by Gasteiger charge is 2.42. The number of carbonyl (C=O) groups is 1. The van der Waals surface area contributed by atoms with Crippen LogP contribution in [-0.4, -0.2) is 27.4 Å². The number of aromatic nitrogens is 1. The summed E-state index contributed by atoms with van der Waals surface area (Å²) in [6.07, 6.45) is 4.87. The topological polar surface area (TPSA) is 57.0 Å². The van der Waals surface area contributed by atoms with Crippen LogP contribution in [0.4, 0.5) is 0 Å². The predicted molar refractivity (Wildman–Crippen MR) is 68.1 cm³/mol. The smallest absolute Gasteiger partial charge is 0.258 e. The van der Waals surface area contributed by atoms with E-state index < -0.39 is 5.54 Å². The Morgan fingerprint density at radius 3 is 2.78 bits per heavy atom. The first-order valence-electron chi connectivity index (χ1n) is 5.82. The molecule has 0 aliphatic heterocycles. The number of hydrogen-bond acceptors (Lipinski definition) is 3. The fraction of sp³-hybridized carbons (Fsp3) is 0.462. The van der Waals surface area contributed by atoms with Gasteiger partial charge in [-0.2, -0.15) is 5.26 Å². The zero-order valence-corrected chi connectivity index (χ0v) is 11.1. The normalized spacial score (nSPS) is 15.0. The third kappa shape index (κ3) is 2.32. The van der Waals surface area contributed by atoms with E-state index in [-0.39, 0.29) is 11.9 Å². The van der Waals surface area contributed by atoms with Crippen LogP contribution in [0.2, 0.25) is 5.02 Å². The molecule has 0 bridgehead atoms. The van der Waals surface area contributed by atoms with Gasteiger partial charge in [0, 0.05) is 18.4 Å². The lowest BCUT2D eigenvalue weighted by Gasteiger charge is -2.33. The molecule has 1 amide bonds. The number of pyridine rings is 1. The maximum absolute atomic E-state index is 12.5. The number of halogens is 1. The second-order valence-electron chi connectivity index (χ2n) is 4.93. The van der Waals surface area contributed by atoms with Crippen molar-refractivity contribution in [1.29, 1.82) is 5.26 Å². The molecule has 0 atom stereocenters. The van der Waals surface area contributed by atoms with Crippen molar-refractivity contribution in [2.75, 3.05) is 0 Å². The van der Waals surface area contributed by atoms with Gasteiger partial charge in [-0.05, 0) is 32.8 Å². The lowest BCUT2D eigenvalue weighted by Crippen LogP contribution is -2.48. The van der Waals surface area contributed by atoms with Crippen LogP contribution in [0.25, 0.3) is 0 Å². The molecule has 0 N–H and O–H groups in total. The average molecular weight is 264 g/mol. The number of hydrogen-bond donors (Lipinski definition) is 0. The minimum Gasteiger partial charge on any atom is -0.317 e. The summed E-state index contributed by atoms with van der Waals surface area (Å²) >= 11 is 6.01. The van der Waals surface area contributed by atoms with Gasteiger partial charge in [-0.1, -0.05) is 11.6 Å². The minimum absolute atomic E-state index is 0.142. The summed E-state index contributed by atoms with van der Waals surface area (Å²) in [4.78, 5) is 18.0. The van der Waals surface area contributed by atoms with Crippen molar-refractivity contribution in [1.82, 2.24) is 9.88 Å². The molecule has 2 rings (SSSR count). The van der Waals surface area contributed by atoms with Crippen LogP contribution in [0.1, 0.15) is 37.0 Å². The summed E-state index contributed by atoms with van der Waals surface area (Å²) in [6.45, 7) is 3.49. The molecule has 1 aliphatic rings. The second kappa shape index (κ2) is 4.58. The third-order valence-corrected chi connectivity index (χ3v) is 3.33. The van der Waals surface area contributed by atoms with Gasteiger partial charge in [0.15, 0.2) is 0 Å². The lowest BCUT2D eigenvalue weighted by atomic mass is 10.0. The number of nitrogens with zero attached hydrogens (tertiary/aromatic N) is 3. The predicted octanol–water partition coefficient (Wildman–Crippen LogP) is 2.64. The summed E-state index contributed by atoms with van der Waals surface area (Å²) in [5.41, 5.74) is -0.480. The highest BCUT2D eigenvalue weighted by Crippen LogP contribution is 2.34. The van der Waals surface area contributed by atoms with Gasteiger partial charge < -0.3 is 4.90 Å². The van der Waals surface area contributed by atoms with Crippen LogP contribution in [0.3, 0.4) is 0 Å². The van der Waals surface area contributed by atoms with E-state index in [1.54, 1.807) is 24.8 Å². The Morgan fingerprint density at radius 1 is 1.61 bits per heavy atom. The molecule has 1 aromatic rings. The van der Waals surface area contributed by atoms with E-state index in [4.69, 9.17) is 11.6 Å². The monoisotopic (exact) mass is 263 g/mol. The Kier molecular flexibility index (Phi) is 3.27. The Morgan fingerprint density at radius 2 is 2.28 bits per heavy atom. The maximum Gasteiger partial charge on any atom is 0.258 e. The van der Waals surface area contributed by atoms with Crippen molar-refractivity contribution >= 4 is 17.5 Å². The van der Waals surface area contributed by atoms with Crippen molar-refractivity contribution < 1.29 is 4.79 Å². The van der Waals surface area contributed by atoms with Crippen molar-refractivity contribution in [3.8, 4) is 6.07 Å². The molecule has 1 heterocycles. The van der Waals surface area contributed by atoms with E-state index in [9.17, 15) is 10.1 Å². The van der Waals surface area contributed by atoms with Gasteiger partial charge in [0.25, 0.3) is 5.91 Å². The Labute approximate surface area is 111 Å². The Hall–Kier alpha value is -1.60. The van der Waals surface area contributed by atoms with Crippen molar-refractivity contribution in [3.63, 3.8) is 0 Å². The summed E-state index contributed by atoms with van der Waals surface area (Å²) in [6, 6.07) is 3.90. The zero-order chi connectivity index (χ0) is 13.3. The largest absolute Gasteiger partial charge is 0.317 e. The first-order valence-corrected chi connectivity index (χ1v) is 6.19. The van der Waals surface area contributed by atoms with Gasteiger partial charge >= 0.3 is 0 Å². The van der Waals surface area contributed by atoms with E-state index in [1.807, 2.05) is 0 Å².